The van der Waals surface area contributed by atoms with Crippen LogP contribution in [0.2, 0.25) is 5.02 Å². The first-order chi connectivity index (χ1) is 13.1. The molecule has 2 amide bonds. The Labute approximate surface area is 169 Å². The summed E-state index contributed by atoms with van der Waals surface area (Å²) in [6.07, 6.45) is 1.60. The summed E-state index contributed by atoms with van der Waals surface area (Å²) in [5.41, 5.74) is 2.24. The SMILES string of the molecule is CNC(=O)C1CCCN1C(=O)CSC(c1ccccc1)c1ccc(Cl)cc1. The van der Waals surface area contributed by atoms with E-state index in [1.54, 1.807) is 23.7 Å². The standard InChI is InChI=1S/C21H23ClN2O2S/c1-23-21(26)18-8-5-13-24(18)19(25)14-27-20(15-6-3-2-4-7-15)16-9-11-17(22)12-10-16/h2-4,6-7,9-12,18,20H,5,8,13-14H2,1H3,(H,23,26). The van der Waals surface area contributed by atoms with E-state index in [1.165, 1.54) is 0 Å². The number of hydrogen-bond donors (Lipinski definition) is 1. The van der Waals surface area contributed by atoms with Crippen LogP contribution in [0.1, 0.15) is 29.2 Å². The molecule has 1 saturated heterocycles. The number of nitrogens with zero attached hydrogens (tertiary/aromatic N) is 1. The maximum Gasteiger partial charge on any atom is 0.242 e. The van der Waals surface area contributed by atoms with Crippen molar-refractivity contribution in [1.29, 1.82) is 0 Å². The Morgan fingerprint density at radius 1 is 1.15 bits per heavy atom. The van der Waals surface area contributed by atoms with Gasteiger partial charge in [0.2, 0.25) is 11.8 Å². The molecule has 0 bridgehead atoms. The van der Waals surface area contributed by atoms with Crippen molar-refractivity contribution < 1.29 is 9.59 Å². The van der Waals surface area contributed by atoms with Gasteiger partial charge in [0.25, 0.3) is 0 Å². The first kappa shape index (κ1) is 19.8. The fourth-order valence-electron chi connectivity index (χ4n) is 3.39. The van der Waals surface area contributed by atoms with E-state index in [4.69, 9.17) is 11.6 Å². The Balaban J connectivity index is 1.74. The molecule has 4 nitrogen and oxygen atoms in total. The second kappa shape index (κ2) is 9.29. The Morgan fingerprint density at radius 2 is 1.81 bits per heavy atom. The smallest absolute Gasteiger partial charge is 0.242 e. The molecule has 1 aliphatic rings. The lowest BCUT2D eigenvalue weighted by Crippen LogP contribution is -2.45. The molecule has 2 atom stereocenters. The number of thioether (sulfide) groups is 1. The molecule has 1 fully saturated rings. The fourth-order valence-corrected chi connectivity index (χ4v) is 4.69. The maximum absolute atomic E-state index is 12.8. The molecule has 6 heteroatoms. The minimum absolute atomic E-state index is 0.0148. The first-order valence-electron chi connectivity index (χ1n) is 9.03. The number of halogens is 1. The summed E-state index contributed by atoms with van der Waals surface area (Å²) in [6.45, 7) is 0.647. The summed E-state index contributed by atoms with van der Waals surface area (Å²) in [5, 5.41) is 3.39. The average Bonchev–Trinajstić information content (AvgIpc) is 3.19. The highest BCUT2D eigenvalue weighted by Crippen LogP contribution is 2.36. The Kier molecular flexibility index (Phi) is 6.80. The molecule has 0 aromatic heterocycles. The van der Waals surface area contributed by atoms with Gasteiger partial charge in [-0.15, -0.1) is 11.8 Å². The summed E-state index contributed by atoms with van der Waals surface area (Å²) < 4.78 is 0. The number of hydrogen-bond acceptors (Lipinski definition) is 3. The van der Waals surface area contributed by atoms with Crippen LogP contribution in [0.4, 0.5) is 0 Å². The molecular weight excluding hydrogens is 380 g/mol. The number of nitrogens with one attached hydrogen (secondary N) is 1. The van der Waals surface area contributed by atoms with E-state index < -0.39 is 0 Å². The second-order valence-electron chi connectivity index (χ2n) is 6.51. The van der Waals surface area contributed by atoms with Crippen molar-refractivity contribution in [2.45, 2.75) is 24.1 Å². The van der Waals surface area contributed by atoms with E-state index in [0.29, 0.717) is 17.3 Å². The van der Waals surface area contributed by atoms with Crippen molar-refractivity contribution in [3.8, 4) is 0 Å². The van der Waals surface area contributed by atoms with E-state index >= 15 is 0 Å². The molecule has 0 saturated carbocycles. The summed E-state index contributed by atoms with van der Waals surface area (Å²) in [5.74, 6) is 0.263. The molecule has 0 spiro atoms. The predicted octanol–water partition coefficient (Wildman–Crippen LogP) is 3.90. The zero-order valence-electron chi connectivity index (χ0n) is 15.2. The molecule has 142 valence electrons. The minimum Gasteiger partial charge on any atom is -0.357 e. The van der Waals surface area contributed by atoms with Crippen LogP contribution >= 0.6 is 23.4 Å². The van der Waals surface area contributed by atoms with Gasteiger partial charge in [-0.25, -0.2) is 0 Å². The Bertz CT molecular complexity index is 783. The van der Waals surface area contributed by atoms with Gasteiger partial charge in [-0.3, -0.25) is 9.59 Å². The van der Waals surface area contributed by atoms with E-state index in [-0.39, 0.29) is 23.1 Å². The van der Waals surface area contributed by atoms with Gasteiger partial charge in [0, 0.05) is 18.6 Å². The minimum atomic E-state index is -0.339. The number of carbonyl (C=O) groups is 2. The monoisotopic (exact) mass is 402 g/mol. The van der Waals surface area contributed by atoms with Gasteiger partial charge < -0.3 is 10.2 Å². The third-order valence-electron chi connectivity index (χ3n) is 4.77. The number of benzene rings is 2. The number of carbonyl (C=O) groups excluding carboxylic acids is 2. The topological polar surface area (TPSA) is 49.4 Å². The lowest BCUT2D eigenvalue weighted by atomic mass is 10.0. The number of likely N-dealkylation sites (N-methyl/N-ethyl adjacent to an activating group) is 1. The van der Waals surface area contributed by atoms with Crippen molar-refractivity contribution in [3.63, 3.8) is 0 Å². The molecule has 27 heavy (non-hydrogen) atoms. The van der Waals surface area contributed by atoms with E-state index in [1.807, 2.05) is 42.5 Å². The molecule has 1 N–H and O–H groups in total. The van der Waals surface area contributed by atoms with Crippen LogP contribution in [-0.4, -0.2) is 42.1 Å². The molecule has 0 radical (unpaired) electrons. The molecular formula is C21H23ClN2O2S. The molecule has 0 aliphatic carbocycles. The third-order valence-corrected chi connectivity index (χ3v) is 6.31. The lowest BCUT2D eigenvalue weighted by molar-refractivity contribution is -0.136. The highest BCUT2D eigenvalue weighted by atomic mass is 35.5. The van der Waals surface area contributed by atoms with Crippen LogP contribution in [0.25, 0.3) is 0 Å². The summed E-state index contributed by atoms with van der Waals surface area (Å²) >= 11 is 7.61. The quantitative estimate of drug-likeness (QED) is 0.797. The van der Waals surface area contributed by atoms with Crippen LogP contribution < -0.4 is 5.32 Å². The van der Waals surface area contributed by atoms with Gasteiger partial charge in [0.05, 0.1) is 11.0 Å². The van der Waals surface area contributed by atoms with Crippen LogP contribution in [0.15, 0.2) is 54.6 Å². The maximum atomic E-state index is 12.8. The number of amides is 2. The van der Waals surface area contributed by atoms with E-state index in [0.717, 1.165) is 24.0 Å². The van der Waals surface area contributed by atoms with Crippen molar-refractivity contribution in [3.05, 3.63) is 70.7 Å². The Morgan fingerprint density at radius 3 is 2.48 bits per heavy atom. The van der Waals surface area contributed by atoms with Crippen molar-refractivity contribution in [1.82, 2.24) is 10.2 Å². The van der Waals surface area contributed by atoms with Crippen LogP contribution in [0, 0.1) is 0 Å². The van der Waals surface area contributed by atoms with Gasteiger partial charge in [0.1, 0.15) is 6.04 Å². The summed E-state index contributed by atoms with van der Waals surface area (Å²) in [4.78, 5) is 26.5. The molecule has 3 rings (SSSR count). The lowest BCUT2D eigenvalue weighted by Gasteiger charge is -2.24. The van der Waals surface area contributed by atoms with Gasteiger partial charge >= 0.3 is 0 Å². The van der Waals surface area contributed by atoms with Crippen molar-refractivity contribution in [2.75, 3.05) is 19.3 Å². The van der Waals surface area contributed by atoms with Crippen LogP contribution in [0.3, 0.4) is 0 Å². The number of rotatable bonds is 6. The predicted molar refractivity (Wildman–Crippen MR) is 111 cm³/mol. The number of likely N-dealkylation sites (tertiary alicyclic amines) is 1. The Hall–Kier alpha value is -1.98. The highest BCUT2D eigenvalue weighted by molar-refractivity contribution is 8.00. The van der Waals surface area contributed by atoms with Crippen molar-refractivity contribution >= 4 is 35.2 Å². The van der Waals surface area contributed by atoms with Crippen LogP contribution in [-0.2, 0) is 9.59 Å². The largest absolute Gasteiger partial charge is 0.357 e. The molecule has 1 aliphatic heterocycles. The highest BCUT2D eigenvalue weighted by Gasteiger charge is 2.33. The summed E-state index contributed by atoms with van der Waals surface area (Å²) in [7, 11) is 1.62. The average molecular weight is 403 g/mol. The molecule has 2 unspecified atom stereocenters. The zero-order chi connectivity index (χ0) is 19.2. The van der Waals surface area contributed by atoms with Gasteiger partial charge in [0.15, 0.2) is 0 Å². The molecule has 2 aromatic rings. The van der Waals surface area contributed by atoms with Gasteiger partial charge in [-0.1, -0.05) is 54.1 Å². The second-order valence-corrected chi connectivity index (χ2v) is 8.04. The third kappa shape index (κ3) is 4.85. The first-order valence-corrected chi connectivity index (χ1v) is 10.5. The fraction of sp³-hybridized carbons (Fsp3) is 0.333. The zero-order valence-corrected chi connectivity index (χ0v) is 16.8. The van der Waals surface area contributed by atoms with Gasteiger partial charge in [-0.2, -0.15) is 0 Å². The molecule has 1 heterocycles. The molecule has 2 aromatic carbocycles. The normalized spacial score (nSPS) is 17.6. The summed E-state index contributed by atoms with van der Waals surface area (Å²) in [6, 6.07) is 17.5. The van der Waals surface area contributed by atoms with Crippen molar-refractivity contribution in [2.24, 2.45) is 0 Å². The van der Waals surface area contributed by atoms with E-state index in [2.05, 4.69) is 17.4 Å². The van der Waals surface area contributed by atoms with E-state index in [9.17, 15) is 9.59 Å². The van der Waals surface area contributed by atoms with Gasteiger partial charge in [-0.05, 0) is 36.1 Å². The van der Waals surface area contributed by atoms with Crippen LogP contribution in [0.5, 0.6) is 0 Å².